The molecule has 0 saturated heterocycles. The fraction of sp³-hybridized carbons (Fsp3) is 0.600. The number of phenolic OH excluding ortho intramolecular Hbond substituents is 2. The number of rotatable bonds is 13. The molecule has 2 rings (SSSR count). The van der Waals surface area contributed by atoms with E-state index in [4.69, 9.17) is 40.8 Å². The van der Waals surface area contributed by atoms with Gasteiger partial charge in [0.05, 0.1) is 0 Å². The number of hydrogen-bond donors (Lipinski definition) is 2. The number of nitrogens with zero attached hydrogens (tertiary/aromatic N) is 1. The van der Waals surface area contributed by atoms with E-state index in [0.29, 0.717) is 25.3 Å². The molecule has 0 bridgehead atoms. The van der Waals surface area contributed by atoms with Crippen LogP contribution in [0, 0.1) is 0 Å². The van der Waals surface area contributed by atoms with Gasteiger partial charge in [-0.25, -0.2) is 0 Å². The molecule has 9 heteroatoms. The van der Waals surface area contributed by atoms with E-state index in [0.717, 1.165) is 30.3 Å². The first-order valence-corrected chi connectivity index (χ1v) is 14.0. The number of aromatic hydroxyl groups is 2. The highest BCUT2D eigenvalue weighted by Gasteiger charge is 2.09. The van der Waals surface area contributed by atoms with Crippen LogP contribution in [0.4, 0.5) is 0 Å². The van der Waals surface area contributed by atoms with Gasteiger partial charge < -0.3 is 53.1 Å². The fourth-order valence-electron chi connectivity index (χ4n) is 2.93. The van der Waals surface area contributed by atoms with Crippen molar-refractivity contribution in [3.8, 4) is 23.0 Å². The van der Waals surface area contributed by atoms with Crippen molar-refractivity contribution < 1.29 is 53.1 Å². The lowest BCUT2D eigenvalue weighted by Crippen LogP contribution is -3.00. The number of phenols is 2. The number of halogens is 2. The summed E-state index contributed by atoms with van der Waals surface area (Å²) in [5.74, 6) is 2.68. The van der Waals surface area contributed by atoms with Gasteiger partial charge in [-0.15, -0.1) is 11.6 Å². The van der Waals surface area contributed by atoms with E-state index in [1.54, 1.807) is 0 Å². The monoisotopic (exact) mass is 684 g/mol. The molecule has 0 unspecified atom stereocenters. The van der Waals surface area contributed by atoms with Crippen LogP contribution in [0.25, 0.3) is 0 Å². The van der Waals surface area contributed by atoms with Crippen LogP contribution in [0.1, 0.15) is 68.2 Å². The summed E-state index contributed by atoms with van der Waals surface area (Å²) < 4.78 is 20.8. The minimum absolute atomic E-state index is 0. The maximum atomic E-state index is 8.65. The SMILES string of the molecule is CCCCCl.CCN(C(C)C)C(C)C.CCOCOc1ccc(OCOCC)cc1.Oc1ccc(O)cc1.[I-]. The third-order valence-electron chi connectivity index (χ3n) is 4.88. The molecule has 0 saturated carbocycles. The summed E-state index contributed by atoms with van der Waals surface area (Å²) in [5, 5.41) is 17.3. The normalized spacial score (nSPS) is 9.85. The average molecular weight is 685 g/mol. The quantitative estimate of drug-likeness (QED) is 0.104. The summed E-state index contributed by atoms with van der Waals surface area (Å²) in [4.78, 5) is 2.46. The Morgan fingerprint density at radius 3 is 1.23 bits per heavy atom. The largest absolute Gasteiger partial charge is 1.00 e. The Bertz CT molecular complexity index is 688. The minimum atomic E-state index is 0. The lowest BCUT2D eigenvalue weighted by Gasteiger charge is -2.28. The van der Waals surface area contributed by atoms with Crippen LogP contribution in [-0.2, 0) is 9.47 Å². The third-order valence-corrected chi connectivity index (χ3v) is 5.15. The maximum Gasteiger partial charge on any atom is 0.189 e. The van der Waals surface area contributed by atoms with Gasteiger partial charge in [0, 0.05) is 31.2 Å². The van der Waals surface area contributed by atoms with Crippen molar-refractivity contribution in [1.82, 2.24) is 4.90 Å². The molecule has 0 radical (unpaired) electrons. The molecule has 0 atom stereocenters. The molecule has 0 aliphatic rings. The minimum Gasteiger partial charge on any atom is -1.00 e. The number of hydrogen-bond acceptors (Lipinski definition) is 7. The highest BCUT2D eigenvalue weighted by atomic mass is 127. The van der Waals surface area contributed by atoms with Gasteiger partial charge in [0.2, 0.25) is 0 Å². The summed E-state index contributed by atoms with van der Waals surface area (Å²) in [6.45, 7) is 20.1. The topological polar surface area (TPSA) is 80.6 Å². The van der Waals surface area contributed by atoms with Gasteiger partial charge in [0.25, 0.3) is 0 Å². The van der Waals surface area contributed by atoms with E-state index in [-0.39, 0.29) is 49.1 Å². The van der Waals surface area contributed by atoms with Gasteiger partial charge in [-0.3, -0.25) is 4.90 Å². The molecule has 0 aromatic heterocycles. The second kappa shape index (κ2) is 29.5. The smallest absolute Gasteiger partial charge is 0.189 e. The highest BCUT2D eigenvalue weighted by Crippen LogP contribution is 2.17. The van der Waals surface area contributed by atoms with Gasteiger partial charge in [0.15, 0.2) is 13.6 Å². The predicted octanol–water partition coefficient (Wildman–Crippen LogP) is 4.68. The molecule has 0 aliphatic carbocycles. The Morgan fingerprint density at radius 2 is 1.05 bits per heavy atom. The van der Waals surface area contributed by atoms with Gasteiger partial charge in [-0.05, 0) is 103 Å². The van der Waals surface area contributed by atoms with Crippen molar-refractivity contribution in [2.45, 2.75) is 80.3 Å². The van der Waals surface area contributed by atoms with Crippen molar-refractivity contribution in [3.63, 3.8) is 0 Å². The maximum absolute atomic E-state index is 8.65. The van der Waals surface area contributed by atoms with Crippen molar-refractivity contribution in [2.24, 2.45) is 0 Å². The van der Waals surface area contributed by atoms with Gasteiger partial charge in [0.1, 0.15) is 23.0 Å². The standard InChI is InChI=1S/C12H18O4.C8H19N.C6H6O2.C4H9Cl.HI/c1-3-13-9-15-11-5-7-12(8-6-11)16-10-14-4-2;1-6-9(7(2)3)8(4)5;7-5-1-2-6(8)4-3-5;1-2-3-4-5;/h5-8H,3-4,9-10H2,1-2H3;7-8H,6H2,1-5H3;1-4,7-8H;2-4H2,1H3;1H/p-1. The fourth-order valence-corrected chi connectivity index (χ4v) is 3.20. The number of alkyl halides is 1. The zero-order valence-electron chi connectivity index (χ0n) is 25.2. The summed E-state index contributed by atoms with van der Waals surface area (Å²) in [7, 11) is 0. The average Bonchev–Trinajstić information content (AvgIpc) is 2.89. The van der Waals surface area contributed by atoms with Crippen LogP contribution in [-0.4, -0.2) is 66.4 Å². The van der Waals surface area contributed by atoms with Gasteiger partial charge in [-0.2, -0.15) is 0 Å². The lowest BCUT2D eigenvalue weighted by molar-refractivity contribution is -0.0000294. The highest BCUT2D eigenvalue weighted by molar-refractivity contribution is 6.17. The Labute approximate surface area is 259 Å². The molecule has 0 heterocycles. The zero-order chi connectivity index (χ0) is 29.2. The summed E-state index contributed by atoms with van der Waals surface area (Å²) >= 11 is 5.30. The molecule has 39 heavy (non-hydrogen) atoms. The van der Waals surface area contributed by atoms with Crippen molar-refractivity contribution in [2.75, 3.05) is 39.2 Å². The molecule has 2 N–H and O–H groups in total. The zero-order valence-corrected chi connectivity index (χ0v) is 28.1. The van der Waals surface area contributed by atoms with E-state index in [1.165, 1.54) is 30.7 Å². The van der Waals surface area contributed by atoms with Crippen LogP contribution < -0.4 is 33.5 Å². The van der Waals surface area contributed by atoms with E-state index in [2.05, 4.69) is 46.4 Å². The Hall–Kier alpha value is -1.46. The number of unbranched alkanes of at least 4 members (excludes halogenated alkanes) is 1. The first kappa shape index (κ1) is 42.0. The molecular weight excluding hydrogens is 633 g/mol. The van der Waals surface area contributed by atoms with E-state index >= 15 is 0 Å². The van der Waals surface area contributed by atoms with E-state index in [1.807, 2.05) is 38.1 Å². The third kappa shape index (κ3) is 26.5. The van der Waals surface area contributed by atoms with Crippen molar-refractivity contribution in [1.29, 1.82) is 0 Å². The molecule has 228 valence electrons. The van der Waals surface area contributed by atoms with Gasteiger partial charge >= 0.3 is 0 Å². The summed E-state index contributed by atoms with van der Waals surface area (Å²) in [6, 6.07) is 14.4. The second-order valence-electron chi connectivity index (χ2n) is 8.56. The first-order chi connectivity index (χ1) is 18.2. The number of benzene rings is 2. The first-order valence-electron chi connectivity index (χ1n) is 13.5. The lowest BCUT2D eigenvalue weighted by atomic mass is 10.2. The molecule has 0 amide bonds. The van der Waals surface area contributed by atoms with Crippen molar-refractivity contribution in [3.05, 3.63) is 48.5 Å². The summed E-state index contributed by atoms with van der Waals surface area (Å²) in [6.07, 6.45) is 2.37. The van der Waals surface area contributed by atoms with Crippen LogP contribution >= 0.6 is 11.6 Å². The van der Waals surface area contributed by atoms with Gasteiger partial charge in [-0.1, -0.05) is 20.3 Å². The van der Waals surface area contributed by atoms with Crippen LogP contribution in [0.2, 0.25) is 0 Å². The molecule has 0 spiro atoms. The molecular formula is C30H52ClINO6-. The van der Waals surface area contributed by atoms with Crippen LogP contribution in [0.5, 0.6) is 23.0 Å². The Balaban J connectivity index is -0.000000482. The Kier molecular flexibility index (Phi) is 31.8. The molecule has 0 aliphatic heterocycles. The molecule has 2 aromatic carbocycles. The molecule has 2 aromatic rings. The van der Waals surface area contributed by atoms with E-state index in [9.17, 15) is 0 Å². The Morgan fingerprint density at radius 1 is 0.692 bits per heavy atom. The van der Waals surface area contributed by atoms with Crippen molar-refractivity contribution >= 4 is 11.6 Å². The molecule has 0 fully saturated rings. The number of ether oxygens (including phenoxy) is 4. The second-order valence-corrected chi connectivity index (χ2v) is 8.94. The van der Waals surface area contributed by atoms with Crippen LogP contribution in [0.3, 0.4) is 0 Å². The predicted molar refractivity (Wildman–Crippen MR) is 159 cm³/mol. The molecule has 7 nitrogen and oxygen atoms in total. The van der Waals surface area contributed by atoms with E-state index < -0.39 is 0 Å². The summed E-state index contributed by atoms with van der Waals surface area (Å²) in [5.41, 5.74) is 0. The van der Waals surface area contributed by atoms with Crippen LogP contribution in [0.15, 0.2) is 48.5 Å².